The Morgan fingerprint density at radius 2 is 0.845 bits per heavy atom. The van der Waals surface area contributed by atoms with Gasteiger partial charge in [-0.25, -0.2) is 0 Å². The summed E-state index contributed by atoms with van der Waals surface area (Å²) in [7, 11) is 0. The molecule has 0 aliphatic carbocycles. The molecule has 2 aromatic heterocycles. The molecule has 58 heavy (non-hydrogen) atoms. The van der Waals surface area contributed by atoms with Gasteiger partial charge in [-0.05, 0) is 124 Å². The van der Waals surface area contributed by atoms with Crippen LogP contribution in [0.2, 0.25) is 0 Å². The zero-order valence-corrected chi connectivity index (χ0v) is 34.9. The normalized spacial score (nSPS) is 12.6. The Balaban J connectivity index is 0.00000408. The van der Waals surface area contributed by atoms with Gasteiger partial charge in [0.1, 0.15) is 0 Å². The van der Waals surface area contributed by atoms with Crippen LogP contribution in [0.15, 0.2) is 152 Å². The fourth-order valence-electron chi connectivity index (χ4n) is 9.50. The Labute approximate surface area is 354 Å². The molecule has 0 bridgehead atoms. The molecule has 2 aliphatic heterocycles. The van der Waals surface area contributed by atoms with Gasteiger partial charge in [-0.3, -0.25) is 0 Å². The van der Waals surface area contributed by atoms with Crippen molar-refractivity contribution in [3.63, 3.8) is 0 Å². The quantitative estimate of drug-likeness (QED) is 0.130. The predicted molar refractivity (Wildman–Crippen MR) is 239 cm³/mol. The minimum Gasteiger partial charge on any atom is -0.352 e. The van der Waals surface area contributed by atoms with Gasteiger partial charge in [0.25, 0.3) is 0 Å². The number of rotatable bonds is 4. The van der Waals surface area contributed by atoms with E-state index in [-0.39, 0.29) is 27.8 Å². The number of nitrogens with zero attached hydrogens (tertiary/aromatic N) is 4. The number of aromatic nitrogens is 2. The van der Waals surface area contributed by atoms with E-state index in [0.717, 1.165) is 77.7 Å². The van der Waals surface area contributed by atoms with Crippen molar-refractivity contribution in [2.45, 2.75) is 27.7 Å². The van der Waals surface area contributed by atoms with Crippen LogP contribution in [0.1, 0.15) is 22.3 Å². The van der Waals surface area contributed by atoms with E-state index in [1.54, 1.807) is 0 Å². The van der Waals surface area contributed by atoms with Crippen molar-refractivity contribution < 1.29 is 21.1 Å². The van der Waals surface area contributed by atoms with Gasteiger partial charge < -0.3 is 19.8 Å². The van der Waals surface area contributed by atoms with Gasteiger partial charge in [-0.2, -0.15) is 0 Å². The van der Waals surface area contributed by atoms with E-state index in [0.29, 0.717) is 0 Å². The number of hydrogen-bond acceptors (Lipinski definition) is 4. The SMILES string of the molecule is Cc1cccc(C)c1N1c2ccc(-c3nccc4ccccc34)[c-]c2B2c3[c-]c(-c4nccc5ccccc45)ccc3N(c3c(C)cccc3C)c3cccc1c32.[Pt+2]. The average Bonchev–Trinajstić information content (AvgIpc) is 3.24. The van der Waals surface area contributed by atoms with Crippen LogP contribution in [-0.4, -0.2) is 16.7 Å². The standard InChI is InChI=1S/C52H37BN4.Pt/c1-32-12-9-13-33(2)51(32)56-44-24-22-38(49-40-18-7-5-16-36(40)26-28-54-49)30-42(44)53-43-31-39(50-41-19-8-6-17-37(41)27-29-55-50)23-25-45(43)57(47-21-11-20-46(56)48(47)53)52-34(3)14-10-15-35(52)4;/h5-29H,1-4H3;/q-2;+2. The summed E-state index contributed by atoms with van der Waals surface area (Å²) < 4.78 is 0. The molecular formula is C52H37BN4Pt. The van der Waals surface area contributed by atoms with Gasteiger partial charge in [0.15, 0.2) is 0 Å². The van der Waals surface area contributed by atoms with E-state index < -0.39 is 0 Å². The largest absolute Gasteiger partial charge is 2.00 e. The van der Waals surface area contributed by atoms with Crippen LogP contribution in [-0.2, 0) is 21.1 Å². The predicted octanol–water partition coefficient (Wildman–Crippen LogP) is 11.0. The summed E-state index contributed by atoms with van der Waals surface area (Å²) >= 11 is 0. The minimum atomic E-state index is -0.174. The molecule has 0 spiro atoms. The maximum absolute atomic E-state index is 4.99. The molecule has 0 unspecified atom stereocenters. The molecule has 4 nitrogen and oxygen atoms in total. The van der Waals surface area contributed by atoms with Crippen molar-refractivity contribution in [1.82, 2.24) is 9.97 Å². The number of anilines is 6. The zero-order chi connectivity index (χ0) is 38.4. The van der Waals surface area contributed by atoms with Gasteiger partial charge in [-0.1, -0.05) is 91.0 Å². The summed E-state index contributed by atoms with van der Waals surface area (Å²) in [5.74, 6) is 0. The molecule has 4 heterocycles. The molecule has 0 saturated heterocycles. The molecule has 0 saturated carbocycles. The zero-order valence-electron chi connectivity index (χ0n) is 32.6. The molecule has 0 N–H and O–H groups in total. The number of pyridine rings is 2. The Morgan fingerprint density at radius 3 is 1.29 bits per heavy atom. The van der Waals surface area contributed by atoms with E-state index >= 15 is 0 Å². The van der Waals surface area contributed by atoms with Crippen LogP contribution in [0.5, 0.6) is 0 Å². The molecule has 2 aliphatic rings. The van der Waals surface area contributed by atoms with Crippen molar-refractivity contribution in [2.75, 3.05) is 9.80 Å². The summed E-state index contributed by atoms with van der Waals surface area (Å²) in [4.78, 5) is 14.9. The van der Waals surface area contributed by atoms with Crippen LogP contribution in [0.4, 0.5) is 34.1 Å². The maximum Gasteiger partial charge on any atom is 2.00 e. The summed E-state index contributed by atoms with van der Waals surface area (Å²) in [5, 5.41) is 4.54. The van der Waals surface area contributed by atoms with E-state index in [1.807, 2.05) is 12.4 Å². The van der Waals surface area contributed by atoms with Crippen molar-refractivity contribution in [3.8, 4) is 22.5 Å². The third-order valence-corrected chi connectivity index (χ3v) is 12.0. The monoisotopic (exact) mass is 923 g/mol. The van der Waals surface area contributed by atoms with Gasteiger partial charge in [0.05, 0.1) is 0 Å². The average molecular weight is 924 g/mol. The van der Waals surface area contributed by atoms with Crippen LogP contribution in [0.25, 0.3) is 44.1 Å². The molecule has 0 radical (unpaired) electrons. The Bertz CT molecular complexity index is 2860. The summed E-state index contributed by atoms with van der Waals surface area (Å²) in [6.07, 6.45) is 3.83. The maximum atomic E-state index is 4.99. The molecule has 9 aromatic rings. The van der Waals surface area contributed by atoms with Gasteiger partial charge >= 0.3 is 21.1 Å². The number of benzene rings is 7. The smallest absolute Gasteiger partial charge is 0.352 e. The molecule has 7 aromatic carbocycles. The van der Waals surface area contributed by atoms with E-state index in [9.17, 15) is 0 Å². The fourth-order valence-corrected chi connectivity index (χ4v) is 9.50. The third kappa shape index (κ3) is 5.41. The van der Waals surface area contributed by atoms with Crippen molar-refractivity contribution in [2.24, 2.45) is 0 Å². The van der Waals surface area contributed by atoms with E-state index in [2.05, 4.69) is 189 Å². The molecular weight excluding hydrogens is 886 g/mol. The topological polar surface area (TPSA) is 32.3 Å². The Hall–Kier alpha value is -6.29. The molecule has 11 rings (SSSR count). The van der Waals surface area contributed by atoms with E-state index in [4.69, 9.17) is 9.97 Å². The van der Waals surface area contributed by atoms with Crippen LogP contribution in [0.3, 0.4) is 0 Å². The number of aryl methyl sites for hydroxylation is 4. The van der Waals surface area contributed by atoms with Crippen LogP contribution < -0.4 is 26.2 Å². The van der Waals surface area contributed by atoms with Crippen LogP contribution in [0, 0.1) is 39.8 Å². The number of para-hydroxylation sites is 2. The molecule has 0 atom stereocenters. The molecule has 6 heteroatoms. The number of fused-ring (bicyclic) bond motifs is 6. The first-order valence-electron chi connectivity index (χ1n) is 19.6. The Kier molecular flexibility index (Phi) is 8.69. The number of hydrogen-bond donors (Lipinski definition) is 0. The van der Waals surface area contributed by atoms with Gasteiger partial charge in [0.2, 0.25) is 6.71 Å². The fraction of sp³-hybridized carbons (Fsp3) is 0.0769. The van der Waals surface area contributed by atoms with E-state index in [1.165, 1.54) is 39.1 Å². The second-order valence-corrected chi connectivity index (χ2v) is 15.4. The van der Waals surface area contributed by atoms with Crippen LogP contribution >= 0.6 is 0 Å². The summed E-state index contributed by atoms with van der Waals surface area (Å²) in [5.41, 5.74) is 19.0. The molecule has 278 valence electrons. The summed E-state index contributed by atoms with van der Waals surface area (Å²) in [6, 6.07) is 58.3. The molecule has 0 amide bonds. The summed E-state index contributed by atoms with van der Waals surface area (Å²) in [6.45, 7) is 8.70. The molecule has 0 fully saturated rings. The first kappa shape index (κ1) is 36.1. The Morgan fingerprint density at radius 1 is 0.431 bits per heavy atom. The second kappa shape index (κ2) is 14.0. The third-order valence-electron chi connectivity index (χ3n) is 12.0. The van der Waals surface area contributed by atoms with Crippen molar-refractivity contribution in [1.29, 1.82) is 0 Å². The van der Waals surface area contributed by atoms with Gasteiger partial charge in [0, 0.05) is 35.1 Å². The van der Waals surface area contributed by atoms with Crippen molar-refractivity contribution >= 4 is 78.8 Å². The minimum absolute atomic E-state index is 0. The first-order chi connectivity index (χ1) is 28.0. The first-order valence-corrected chi connectivity index (χ1v) is 19.6. The van der Waals surface area contributed by atoms with Crippen molar-refractivity contribution in [3.05, 3.63) is 186 Å². The van der Waals surface area contributed by atoms with Gasteiger partial charge in [-0.15, -0.1) is 58.5 Å². The second-order valence-electron chi connectivity index (χ2n) is 15.4.